The number of rotatable bonds is 1. The molecule has 0 radical (unpaired) electrons. The van der Waals surface area contributed by atoms with E-state index in [0.717, 1.165) is 0 Å². The first-order valence-electron chi connectivity index (χ1n) is 4.43. The number of hydrogen-bond donors (Lipinski definition) is 1. The van der Waals surface area contributed by atoms with E-state index in [1.165, 1.54) is 11.8 Å². The second kappa shape index (κ2) is 3.76. The average molecular weight is 210 g/mol. The molecular weight excluding hydrogens is 197 g/mol. The van der Waals surface area contributed by atoms with Crippen molar-refractivity contribution in [3.63, 3.8) is 0 Å². The van der Waals surface area contributed by atoms with E-state index in [4.69, 9.17) is 5.73 Å². The van der Waals surface area contributed by atoms with Crippen molar-refractivity contribution in [2.24, 2.45) is 11.7 Å². The van der Waals surface area contributed by atoms with Gasteiger partial charge in [0, 0.05) is 13.1 Å². The molecule has 6 heteroatoms. The largest absolute Gasteiger partial charge is 0.393 e. The van der Waals surface area contributed by atoms with Gasteiger partial charge in [0.25, 0.3) is 0 Å². The highest BCUT2D eigenvalue weighted by Gasteiger charge is 2.44. The van der Waals surface area contributed by atoms with Crippen LogP contribution >= 0.6 is 0 Å². The molecule has 1 heterocycles. The molecule has 0 aromatic rings. The summed E-state index contributed by atoms with van der Waals surface area (Å²) in [6, 6.07) is -0.720. The van der Waals surface area contributed by atoms with E-state index in [1.54, 1.807) is 0 Å². The molecule has 0 saturated carbocycles. The smallest absolute Gasteiger partial charge is 0.341 e. The third kappa shape index (κ3) is 2.37. The van der Waals surface area contributed by atoms with E-state index in [0.29, 0.717) is 0 Å². The molecule has 2 atom stereocenters. The van der Waals surface area contributed by atoms with Crippen molar-refractivity contribution in [1.29, 1.82) is 0 Å². The Morgan fingerprint density at radius 1 is 1.57 bits per heavy atom. The van der Waals surface area contributed by atoms with Crippen molar-refractivity contribution in [3.05, 3.63) is 0 Å². The van der Waals surface area contributed by atoms with Crippen LogP contribution in [-0.2, 0) is 4.79 Å². The minimum Gasteiger partial charge on any atom is -0.341 e. The average Bonchev–Trinajstić information content (AvgIpc) is 2.49. The minimum atomic E-state index is -4.20. The number of nitrogens with two attached hydrogens (primary N) is 1. The number of nitrogens with zero attached hydrogens (tertiary/aromatic N) is 1. The molecule has 1 aliphatic heterocycles. The fourth-order valence-electron chi connectivity index (χ4n) is 1.52. The molecule has 2 N–H and O–H groups in total. The zero-order chi connectivity index (χ0) is 10.9. The first kappa shape index (κ1) is 11.3. The molecule has 2 unspecified atom stereocenters. The molecule has 0 spiro atoms. The molecule has 82 valence electrons. The molecule has 1 amide bonds. The molecule has 0 aromatic carbocycles. The monoisotopic (exact) mass is 210 g/mol. The van der Waals surface area contributed by atoms with Gasteiger partial charge in [-0.3, -0.25) is 4.79 Å². The van der Waals surface area contributed by atoms with Gasteiger partial charge in [0.1, 0.15) is 0 Å². The molecule has 1 fully saturated rings. The van der Waals surface area contributed by atoms with Crippen molar-refractivity contribution < 1.29 is 18.0 Å². The van der Waals surface area contributed by atoms with Crippen molar-refractivity contribution >= 4 is 5.91 Å². The van der Waals surface area contributed by atoms with Gasteiger partial charge >= 0.3 is 6.18 Å². The Morgan fingerprint density at radius 3 is 2.50 bits per heavy atom. The maximum atomic E-state index is 12.2. The lowest BCUT2D eigenvalue weighted by molar-refractivity contribution is -0.171. The Labute approximate surface area is 80.0 Å². The van der Waals surface area contributed by atoms with Crippen LogP contribution in [0.1, 0.15) is 13.3 Å². The highest BCUT2D eigenvalue weighted by atomic mass is 19.4. The van der Waals surface area contributed by atoms with Gasteiger partial charge in [0.05, 0.1) is 12.0 Å². The molecule has 1 rings (SSSR count). The third-order valence-corrected chi connectivity index (χ3v) is 2.35. The zero-order valence-electron chi connectivity index (χ0n) is 7.84. The van der Waals surface area contributed by atoms with Crippen LogP contribution in [0.15, 0.2) is 0 Å². The summed E-state index contributed by atoms with van der Waals surface area (Å²) in [4.78, 5) is 12.4. The number of likely N-dealkylation sites (tertiary alicyclic amines) is 1. The highest BCUT2D eigenvalue weighted by molar-refractivity contribution is 5.81. The van der Waals surface area contributed by atoms with Gasteiger partial charge in [-0.25, -0.2) is 0 Å². The Kier molecular flexibility index (Phi) is 3.04. The molecule has 1 aliphatic rings. The standard InChI is InChI=1S/C8H13F3N2O/c1-5(12)7(14)13-3-2-6(4-13)8(9,10)11/h5-6H,2-4,12H2,1H3. The molecule has 0 aliphatic carbocycles. The fourth-order valence-corrected chi connectivity index (χ4v) is 1.52. The summed E-state index contributed by atoms with van der Waals surface area (Å²) in [6.07, 6.45) is -4.21. The number of hydrogen-bond acceptors (Lipinski definition) is 2. The number of halogens is 3. The first-order chi connectivity index (χ1) is 6.32. The van der Waals surface area contributed by atoms with Crippen LogP contribution in [-0.4, -0.2) is 36.1 Å². The molecule has 0 bridgehead atoms. The predicted octanol–water partition coefficient (Wildman–Crippen LogP) is 0.744. The van der Waals surface area contributed by atoms with Crippen LogP contribution in [0.5, 0.6) is 0 Å². The summed E-state index contributed by atoms with van der Waals surface area (Å²) in [5.74, 6) is -1.79. The number of carbonyl (C=O) groups is 1. The maximum Gasteiger partial charge on any atom is 0.393 e. The fraction of sp³-hybridized carbons (Fsp3) is 0.875. The molecular formula is C8H13F3N2O. The predicted molar refractivity (Wildman–Crippen MR) is 44.4 cm³/mol. The van der Waals surface area contributed by atoms with Crippen LogP contribution < -0.4 is 5.73 Å². The van der Waals surface area contributed by atoms with E-state index >= 15 is 0 Å². The topological polar surface area (TPSA) is 46.3 Å². The van der Waals surface area contributed by atoms with Gasteiger partial charge in [0.2, 0.25) is 5.91 Å². The number of amides is 1. The number of carbonyl (C=O) groups excluding carboxylic acids is 1. The third-order valence-electron chi connectivity index (χ3n) is 2.35. The maximum absolute atomic E-state index is 12.2. The Hall–Kier alpha value is -0.780. The van der Waals surface area contributed by atoms with Gasteiger partial charge in [-0.05, 0) is 13.3 Å². The summed E-state index contributed by atoms with van der Waals surface area (Å²) in [6.45, 7) is 1.39. The minimum absolute atomic E-state index is 0.0119. The summed E-state index contributed by atoms with van der Waals surface area (Å²) in [7, 11) is 0. The van der Waals surface area contributed by atoms with Crippen LogP contribution in [0.4, 0.5) is 13.2 Å². The molecule has 3 nitrogen and oxygen atoms in total. The van der Waals surface area contributed by atoms with E-state index in [9.17, 15) is 18.0 Å². The van der Waals surface area contributed by atoms with Crippen LogP contribution in [0.3, 0.4) is 0 Å². The Bertz CT molecular complexity index is 227. The summed E-state index contributed by atoms with van der Waals surface area (Å²) in [5.41, 5.74) is 5.30. The summed E-state index contributed by atoms with van der Waals surface area (Å²) < 4.78 is 36.7. The van der Waals surface area contributed by atoms with Crippen molar-refractivity contribution in [2.75, 3.05) is 13.1 Å². The van der Waals surface area contributed by atoms with E-state index < -0.39 is 24.0 Å². The van der Waals surface area contributed by atoms with E-state index in [-0.39, 0.29) is 19.5 Å². The second-order valence-corrected chi connectivity index (χ2v) is 3.60. The van der Waals surface area contributed by atoms with Gasteiger partial charge in [-0.15, -0.1) is 0 Å². The van der Waals surface area contributed by atoms with E-state index in [1.807, 2.05) is 0 Å². The SMILES string of the molecule is CC(N)C(=O)N1CCC(C(F)(F)F)C1. The van der Waals surface area contributed by atoms with Gasteiger partial charge < -0.3 is 10.6 Å². The Balaban J connectivity index is 2.54. The lowest BCUT2D eigenvalue weighted by Crippen LogP contribution is -2.41. The quantitative estimate of drug-likeness (QED) is 0.694. The van der Waals surface area contributed by atoms with Gasteiger partial charge in [0.15, 0.2) is 0 Å². The first-order valence-corrected chi connectivity index (χ1v) is 4.43. The normalized spacial score (nSPS) is 25.2. The molecule has 0 aromatic heterocycles. The van der Waals surface area contributed by atoms with Gasteiger partial charge in [-0.1, -0.05) is 0 Å². The molecule has 1 saturated heterocycles. The van der Waals surface area contributed by atoms with Crippen LogP contribution in [0.25, 0.3) is 0 Å². The molecule has 14 heavy (non-hydrogen) atoms. The summed E-state index contributed by atoms with van der Waals surface area (Å²) in [5, 5.41) is 0. The van der Waals surface area contributed by atoms with Crippen LogP contribution in [0, 0.1) is 5.92 Å². The van der Waals surface area contributed by atoms with Crippen LogP contribution in [0.2, 0.25) is 0 Å². The Morgan fingerprint density at radius 2 is 2.14 bits per heavy atom. The lowest BCUT2D eigenvalue weighted by Gasteiger charge is -2.19. The highest BCUT2D eigenvalue weighted by Crippen LogP contribution is 2.33. The van der Waals surface area contributed by atoms with E-state index in [2.05, 4.69) is 0 Å². The number of alkyl halides is 3. The lowest BCUT2D eigenvalue weighted by atomic mass is 10.1. The summed E-state index contributed by atoms with van der Waals surface area (Å²) >= 11 is 0. The zero-order valence-corrected chi connectivity index (χ0v) is 7.84. The second-order valence-electron chi connectivity index (χ2n) is 3.60. The van der Waals surface area contributed by atoms with Gasteiger partial charge in [-0.2, -0.15) is 13.2 Å². The van der Waals surface area contributed by atoms with Crippen molar-refractivity contribution in [2.45, 2.75) is 25.6 Å². The van der Waals surface area contributed by atoms with Crippen molar-refractivity contribution in [1.82, 2.24) is 4.90 Å². The van der Waals surface area contributed by atoms with Crippen molar-refractivity contribution in [3.8, 4) is 0 Å².